The van der Waals surface area contributed by atoms with Gasteiger partial charge in [-0.2, -0.15) is 0 Å². The minimum Gasteiger partial charge on any atom is -0.313 e. The Morgan fingerprint density at radius 1 is 1.25 bits per heavy atom. The van der Waals surface area contributed by atoms with Gasteiger partial charge in [-0.1, -0.05) is 25.1 Å². The first-order chi connectivity index (χ1) is 7.86. The van der Waals surface area contributed by atoms with Crippen LogP contribution in [0.3, 0.4) is 0 Å². The van der Waals surface area contributed by atoms with Gasteiger partial charge >= 0.3 is 0 Å². The van der Waals surface area contributed by atoms with Gasteiger partial charge in [0.15, 0.2) is 0 Å². The normalized spacial score (nSPS) is 20.8. The first-order valence-corrected chi connectivity index (χ1v) is 6.68. The lowest BCUT2D eigenvalue weighted by atomic mass is 9.78. The van der Waals surface area contributed by atoms with Crippen LogP contribution in [0.4, 0.5) is 0 Å². The van der Waals surface area contributed by atoms with Crippen LogP contribution >= 0.6 is 0 Å². The molecular formula is C15H21N. The number of nitrogens with one attached hydrogen (secondary N) is 1. The van der Waals surface area contributed by atoms with E-state index in [9.17, 15) is 0 Å². The molecule has 2 aliphatic rings. The Labute approximate surface area is 98.3 Å². The molecule has 16 heavy (non-hydrogen) atoms. The van der Waals surface area contributed by atoms with Crippen LogP contribution < -0.4 is 5.32 Å². The summed E-state index contributed by atoms with van der Waals surface area (Å²) in [6.45, 7) is 4.29. The van der Waals surface area contributed by atoms with Crippen LogP contribution in [0.2, 0.25) is 0 Å². The van der Waals surface area contributed by atoms with Gasteiger partial charge in [-0.3, -0.25) is 0 Å². The second-order valence-electron chi connectivity index (χ2n) is 5.36. The fraction of sp³-hybridized carbons (Fsp3) is 0.600. The Bertz CT molecular complexity index is 390. The van der Waals surface area contributed by atoms with Gasteiger partial charge in [0.25, 0.3) is 0 Å². The maximum Gasteiger partial charge on any atom is 0.0208 e. The summed E-state index contributed by atoms with van der Waals surface area (Å²) in [4.78, 5) is 0. The summed E-state index contributed by atoms with van der Waals surface area (Å²) in [6.07, 6.45) is 7.01. The summed E-state index contributed by atoms with van der Waals surface area (Å²) in [7, 11) is 0. The lowest BCUT2D eigenvalue weighted by molar-refractivity contribution is 0.536. The zero-order valence-electron chi connectivity index (χ0n) is 10.2. The molecule has 0 atom stereocenters. The third-order valence-corrected chi connectivity index (χ3v) is 4.35. The maximum absolute atomic E-state index is 3.46. The van der Waals surface area contributed by atoms with Crippen LogP contribution in [0.25, 0.3) is 0 Å². The molecule has 0 heterocycles. The lowest BCUT2D eigenvalue weighted by Crippen LogP contribution is -2.20. The van der Waals surface area contributed by atoms with Gasteiger partial charge in [-0.25, -0.2) is 0 Å². The van der Waals surface area contributed by atoms with E-state index in [1.54, 1.807) is 16.7 Å². The molecule has 1 heteroatoms. The van der Waals surface area contributed by atoms with Crippen LogP contribution in [-0.4, -0.2) is 6.54 Å². The first kappa shape index (κ1) is 10.3. The first-order valence-electron chi connectivity index (χ1n) is 6.68. The smallest absolute Gasteiger partial charge is 0.0208 e. The van der Waals surface area contributed by atoms with Crippen molar-refractivity contribution in [3.8, 4) is 0 Å². The third kappa shape index (κ3) is 1.58. The molecule has 0 aliphatic heterocycles. The molecule has 2 aliphatic carbocycles. The number of hydrogen-bond acceptors (Lipinski definition) is 1. The minimum atomic E-state index is 0.621. The van der Waals surface area contributed by atoms with E-state index in [2.05, 4.69) is 30.4 Å². The fourth-order valence-electron chi connectivity index (χ4n) is 3.26. The van der Waals surface area contributed by atoms with Gasteiger partial charge in [0, 0.05) is 6.54 Å². The van der Waals surface area contributed by atoms with E-state index in [-0.39, 0.29) is 0 Å². The van der Waals surface area contributed by atoms with Crippen molar-refractivity contribution in [1.29, 1.82) is 0 Å². The minimum absolute atomic E-state index is 0.621. The Kier molecular flexibility index (Phi) is 2.51. The molecular weight excluding hydrogens is 194 g/mol. The molecule has 3 rings (SSSR count). The average Bonchev–Trinajstić information content (AvgIpc) is 3.08. The van der Waals surface area contributed by atoms with Crippen molar-refractivity contribution in [3.63, 3.8) is 0 Å². The summed E-state index contributed by atoms with van der Waals surface area (Å²) in [5.41, 5.74) is 5.53. The predicted molar refractivity (Wildman–Crippen MR) is 67.7 cm³/mol. The third-order valence-electron chi connectivity index (χ3n) is 4.35. The van der Waals surface area contributed by atoms with Crippen LogP contribution in [0.1, 0.15) is 49.3 Å². The number of fused-ring (bicyclic) bond motifs is 2. The molecule has 0 amide bonds. The highest BCUT2D eigenvalue weighted by atomic mass is 14.8. The van der Waals surface area contributed by atoms with Crippen molar-refractivity contribution >= 4 is 0 Å². The van der Waals surface area contributed by atoms with Crippen LogP contribution in [0, 0.1) is 0 Å². The standard InChI is InChI=1S/C15H21N/c1-2-16-11-12-5-3-7-14-13(12)6-4-8-15(14)9-10-15/h3,5,7,16H,2,4,6,8-11H2,1H3. The van der Waals surface area contributed by atoms with E-state index < -0.39 is 0 Å². The van der Waals surface area contributed by atoms with E-state index >= 15 is 0 Å². The fourth-order valence-corrected chi connectivity index (χ4v) is 3.26. The molecule has 0 saturated heterocycles. The molecule has 1 aromatic rings. The quantitative estimate of drug-likeness (QED) is 0.816. The molecule has 1 nitrogen and oxygen atoms in total. The highest BCUT2D eigenvalue weighted by Gasteiger charge is 2.46. The lowest BCUT2D eigenvalue weighted by Gasteiger charge is -2.27. The maximum atomic E-state index is 3.46. The molecule has 0 radical (unpaired) electrons. The van der Waals surface area contributed by atoms with Gasteiger partial charge in [0.1, 0.15) is 0 Å². The van der Waals surface area contributed by atoms with Crippen LogP contribution in [0.5, 0.6) is 0 Å². The number of benzene rings is 1. The molecule has 1 aromatic carbocycles. The highest BCUT2D eigenvalue weighted by Crippen LogP contribution is 2.55. The Morgan fingerprint density at radius 3 is 2.88 bits per heavy atom. The molecule has 0 bridgehead atoms. The Balaban J connectivity index is 1.96. The van der Waals surface area contributed by atoms with E-state index in [1.807, 2.05) is 0 Å². The van der Waals surface area contributed by atoms with E-state index in [4.69, 9.17) is 0 Å². The van der Waals surface area contributed by atoms with E-state index in [0.717, 1.165) is 13.1 Å². The Morgan fingerprint density at radius 2 is 2.12 bits per heavy atom. The summed E-state index contributed by atoms with van der Waals surface area (Å²) in [5, 5.41) is 3.46. The highest BCUT2D eigenvalue weighted by molar-refractivity contribution is 5.45. The van der Waals surface area contributed by atoms with Crippen molar-refractivity contribution in [2.45, 2.75) is 51.0 Å². The van der Waals surface area contributed by atoms with Crippen molar-refractivity contribution in [1.82, 2.24) is 5.32 Å². The van der Waals surface area contributed by atoms with E-state index in [0.29, 0.717) is 5.41 Å². The van der Waals surface area contributed by atoms with Gasteiger partial charge < -0.3 is 5.32 Å². The second kappa shape index (κ2) is 3.89. The Hall–Kier alpha value is -0.820. The summed E-state index contributed by atoms with van der Waals surface area (Å²) >= 11 is 0. The largest absolute Gasteiger partial charge is 0.313 e. The summed E-state index contributed by atoms with van der Waals surface area (Å²) in [6, 6.07) is 6.96. The molecule has 1 N–H and O–H groups in total. The molecule has 0 aromatic heterocycles. The summed E-state index contributed by atoms with van der Waals surface area (Å²) < 4.78 is 0. The van der Waals surface area contributed by atoms with Gasteiger partial charge in [-0.05, 0) is 60.8 Å². The number of rotatable bonds is 3. The monoisotopic (exact) mass is 215 g/mol. The van der Waals surface area contributed by atoms with Gasteiger partial charge in [0.05, 0.1) is 0 Å². The van der Waals surface area contributed by atoms with Crippen LogP contribution in [0.15, 0.2) is 18.2 Å². The zero-order chi connectivity index (χ0) is 11.0. The molecule has 86 valence electrons. The van der Waals surface area contributed by atoms with Gasteiger partial charge in [-0.15, -0.1) is 0 Å². The topological polar surface area (TPSA) is 12.0 Å². The zero-order valence-corrected chi connectivity index (χ0v) is 10.2. The second-order valence-corrected chi connectivity index (χ2v) is 5.36. The number of hydrogen-bond donors (Lipinski definition) is 1. The van der Waals surface area contributed by atoms with Crippen molar-refractivity contribution in [3.05, 3.63) is 34.9 Å². The SMILES string of the molecule is CCNCc1cccc2c1CCCC21CC1. The molecule has 1 spiro atoms. The molecule has 1 saturated carbocycles. The predicted octanol–water partition coefficient (Wildman–Crippen LogP) is 3.16. The van der Waals surface area contributed by atoms with Crippen LogP contribution in [-0.2, 0) is 18.4 Å². The average molecular weight is 215 g/mol. The molecule has 1 fully saturated rings. The van der Waals surface area contributed by atoms with Crippen molar-refractivity contribution < 1.29 is 0 Å². The summed E-state index contributed by atoms with van der Waals surface area (Å²) in [5.74, 6) is 0. The molecule has 0 unspecified atom stereocenters. The van der Waals surface area contributed by atoms with E-state index in [1.165, 1.54) is 32.1 Å². The van der Waals surface area contributed by atoms with Gasteiger partial charge in [0.2, 0.25) is 0 Å². The van der Waals surface area contributed by atoms with Crippen molar-refractivity contribution in [2.75, 3.05) is 6.54 Å². The van der Waals surface area contributed by atoms with Crippen molar-refractivity contribution in [2.24, 2.45) is 0 Å².